The number of hydrogen-bond acceptors (Lipinski definition) is 4. The molecule has 0 saturated heterocycles. The highest BCUT2D eigenvalue weighted by Gasteiger charge is 2.08. The van der Waals surface area contributed by atoms with Crippen LogP contribution in [-0.2, 0) is 0 Å². The van der Waals surface area contributed by atoms with Crippen LogP contribution in [0, 0.1) is 0 Å². The van der Waals surface area contributed by atoms with E-state index in [0.717, 1.165) is 0 Å². The summed E-state index contributed by atoms with van der Waals surface area (Å²) in [7, 11) is 0. The fourth-order valence-electron chi connectivity index (χ4n) is 2.79. The lowest BCUT2D eigenvalue weighted by molar-refractivity contribution is 0.793. The molecule has 0 aromatic carbocycles. The Labute approximate surface area is 216 Å². The van der Waals surface area contributed by atoms with Crippen molar-refractivity contribution < 1.29 is 0 Å². The van der Waals surface area contributed by atoms with Gasteiger partial charge in [0.15, 0.2) is 0 Å². The smallest absolute Gasteiger partial charge is 0.0953 e. The summed E-state index contributed by atoms with van der Waals surface area (Å²) in [5.74, 6) is 3.89. The van der Waals surface area contributed by atoms with E-state index in [-0.39, 0.29) is 0 Å². The Morgan fingerprint density at radius 3 is 1.30 bits per heavy atom. The van der Waals surface area contributed by atoms with Gasteiger partial charge in [-0.15, -0.1) is 34.0 Å². The first kappa shape index (κ1) is 30.1. The van der Waals surface area contributed by atoms with Gasteiger partial charge in [0, 0.05) is 25.9 Å². The van der Waals surface area contributed by atoms with E-state index in [1.54, 1.807) is 11.3 Å². The summed E-state index contributed by atoms with van der Waals surface area (Å²) in [4.78, 5) is 9.05. The van der Waals surface area contributed by atoms with Gasteiger partial charge < -0.3 is 0 Å². The Morgan fingerprint density at radius 2 is 1.06 bits per heavy atom. The molecule has 0 atom stereocenters. The molecular formula is C29H47NS3. The SMILES string of the molecule is CC(C)c1ccc(C(C)C)s1.CC(C)c1csc(C(C)C)c1.CC(C)c1csc(C(C)C)n1. The summed E-state index contributed by atoms with van der Waals surface area (Å²) in [6.07, 6.45) is 0. The molecule has 0 aliphatic rings. The van der Waals surface area contributed by atoms with Crippen molar-refractivity contribution >= 4 is 34.0 Å². The van der Waals surface area contributed by atoms with E-state index in [9.17, 15) is 0 Å². The molecule has 0 spiro atoms. The van der Waals surface area contributed by atoms with Crippen LogP contribution in [0.5, 0.6) is 0 Å². The van der Waals surface area contributed by atoms with Crippen molar-refractivity contribution in [3.63, 3.8) is 0 Å². The van der Waals surface area contributed by atoms with Gasteiger partial charge in [0.1, 0.15) is 0 Å². The third-order valence-electron chi connectivity index (χ3n) is 5.29. The van der Waals surface area contributed by atoms with Crippen LogP contribution in [0.4, 0.5) is 0 Å². The summed E-state index contributed by atoms with van der Waals surface area (Å²) in [5, 5.41) is 5.70. The topological polar surface area (TPSA) is 12.9 Å². The molecular weight excluding hydrogens is 459 g/mol. The number of rotatable bonds is 6. The van der Waals surface area contributed by atoms with Crippen molar-refractivity contribution in [3.8, 4) is 0 Å². The Hall–Kier alpha value is -0.970. The molecule has 33 heavy (non-hydrogen) atoms. The molecule has 1 nitrogen and oxygen atoms in total. The predicted octanol–water partition coefficient (Wildman–Crippen LogP) is 11.4. The van der Waals surface area contributed by atoms with Crippen molar-refractivity contribution in [1.82, 2.24) is 4.98 Å². The van der Waals surface area contributed by atoms with Gasteiger partial charge >= 0.3 is 0 Å². The second-order valence-electron chi connectivity index (χ2n) is 10.6. The Morgan fingerprint density at radius 1 is 0.545 bits per heavy atom. The molecule has 0 aliphatic heterocycles. The lowest BCUT2D eigenvalue weighted by Crippen LogP contribution is -1.90. The molecule has 3 rings (SSSR count). The van der Waals surface area contributed by atoms with Gasteiger partial charge in [-0.2, -0.15) is 0 Å². The molecule has 0 aliphatic carbocycles. The lowest BCUT2D eigenvalue weighted by atomic mass is 10.1. The highest BCUT2D eigenvalue weighted by Crippen LogP contribution is 2.29. The highest BCUT2D eigenvalue weighted by molar-refractivity contribution is 7.12. The van der Waals surface area contributed by atoms with Crippen molar-refractivity contribution in [1.29, 1.82) is 0 Å². The number of hydrogen-bond donors (Lipinski definition) is 0. The average Bonchev–Trinajstić information content (AvgIpc) is 3.49. The number of thiazole rings is 1. The van der Waals surface area contributed by atoms with E-state index < -0.39 is 0 Å². The minimum Gasteiger partial charge on any atom is -0.246 e. The van der Waals surface area contributed by atoms with Crippen molar-refractivity contribution in [2.75, 3.05) is 0 Å². The molecule has 3 heterocycles. The molecule has 0 unspecified atom stereocenters. The molecule has 4 heteroatoms. The lowest BCUT2D eigenvalue weighted by Gasteiger charge is -2.00. The van der Waals surface area contributed by atoms with Gasteiger partial charge in [-0.25, -0.2) is 4.98 Å². The van der Waals surface area contributed by atoms with Crippen LogP contribution in [0.1, 0.15) is 149 Å². The third kappa shape index (κ3) is 10.4. The van der Waals surface area contributed by atoms with E-state index in [0.29, 0.717) is 35.5 Å². The standard InChI is InChI=1S/2C10H16S.C9H15NS/c1-7(2)9-5-10(8(3)4)11-6-9;1-7(2)9-5-6-10(11-9)8(3)4;1-6(2)8-5-11-9(10-8)7(3)4/h2*5-8H,1-4H3;5-7H,1-4H3. The molecule has 186 valence electrons. The fourth-order valence-corrected chi connectivity index (χ4v) is 5.89. The van der Waals surface area contributed by atoms with Crippen molar-refractivity contribution in [2.45, 2.75) is 119 Å². The van der Waals surface area contributed by atoms with Gasteiger partial charge in [-0.05, 0) is 58.7 Å². The van der Waals surface area contributed by atoms with Gasteiger partial charge in [-0.3, -0.25) is 0 Å². The van der Waals surface area contributed by atoms with Crippen LogP contribution < -0.4 is 0 Å². The minimum absolute atomic E-state index is 0.568. The largest absolute Gasteiger partial charge is 0.246 e. The number of nitrogens with zero attached hydrogens (tertiary/aromatic N) is 1. The first-order chi connectivity index (χ1) is 15.3. The maximum absolute atomic E-state index is 4.53. The normalized spacial score (nSPS) is 11.5. The molecule has 0 saturated carbocycles. The quantitative estimate of drug-likeness (QED) is 0.324. The van der Waals surface area contributed by atoms with Gasteiger partial charge in [0.2, 0.25) is 0 Å². The first-order valence-corrected chi connectivity index (χ1v) is 15.0. The van der Waals surface area contributed by atoms with Gasteiger partial charge in [0.25, 0.3) is 0 Å². The Kier molecular flexibility index (Phi) is 13.1. The van der Waals surface area contributed by atoms with Crippen LogP contribution in [0.3, 0.4) is 0 Å². The third-order valence-corrected chi connectivity index (χ3v) is 9.39. The molecule has 0 bridgehead atoms. The average molecular weight is 506 g/mol. The van der Waals surface area contributed by atoms with Crippen molar-refractivity contribution in [3.05, 3.63) is 59.9 Å². The van der Waals surface area contributed by atoms with Crippen molar-refractivity contribution in [2.24, 2.45) is 0 Å². The van der Waals surface area contributed by atoms with E-state index in [2.05, 4.69) is 117 Å². The number of thiophene rings is 2. The maximum atomic E-state index is 4.53. The number of aromatic nitrogens is 1. The molecule has 0 fully saturated rings. The highest BCUT2D eigenvalue weighted by atomic mass is 32.1. The molecule has 3 aromatic rings. The first-order valence-electron chi connectivity index (χ1n) is 12.5. The molecule has 3 aromatic heterocycles. The molecule has 0 N–H and O–H groups in total. The van der Waals surface area contributed by atoms with Crippen LogP contribution in [-0.4, -0.2) is 4.98 Å². The van der Waals surface area contributed by atoms with Crippen LogP contribution >= 0.6 is 34.0 Å². The zero-order chi connectivity index (χ0) is 25.3. The zero-order valence-corrected chi connectivity index (χ0v) is 25.5. The maximum Gasteiger partial charge on any atom is 0.0953 e. The van der Waals surface area contributed by atoms with E-state index in [1.165, 1.54) is 30.9 Å². The minimum atomic E-state index is 0.568. The monoisotopic (exact) mass is 505 g/mol. The van der Waals surface area contributed by atoms with Gasteiger partial charge in [-0.1, -0.05) is 83.1 Å². The molecule has 0 amide bonds. The van der Waals surface area contributed by atoms with Crippen LogP contribution in [0.2, 0.25) is 0 Å². The second kappa shape index (κ2) is 14.4. The Bertz CT molecular complexity index is 720. The van der Waals surface area contributed by atoms with Crippen LogP contribution in [0.25, 0.3) is 0 Å². The predicted molar refractivity (Wildman–Crippen MR) is 155 cm³/mol. The molecule has 0 radical (unpaired) electrons. The van der Waals surface area contributed by atoms with E-state index >= 15 is 0 Å². The Balaban J connectivity index is 0.000000247. The van der Waals surface area contributed by atoms with E-state index in [1.807, 2.05) is 22.7 Å². The van der Waals surface area contributed by atoms with E-state index in [4.69, 9.17) is 0 Å². The fraction of sp³-hybridized carbons (Fsp3) is 0.621. The zero-order valence-electron chi connectivity index (χ0n) is 23.0. The van der Waals surface area contributed by atoms with Gasteiger partial charge in [0.05, 0.1) is 10.7 Å². The summed E-state index contributed by atoms with van der Waals surface area (Å²) in [6, 6.07) is 6.84. The second-order valence-corrected chi connectivity index (χ2v) is 13.5. The summed E-state index contributed by atoms with van der Waals surface area (Å²) < 4.78 is 0. The van der Waals surface area contributed by atoms with Crippen LogP contribution in [0.15, 0.2) is 29.0 Å². The summed E-state index contributed by atoms with van der Waals surface area (Å²) in [6.45, 7) is 26.7. The summed E-state index contributed by atoms with van der Waals surface area (Å²) >= 11 is 5.61. The summed E-state index contributed by atoms with van der Waals surface area (Å²) in [5.41, 5.74) is 2.72.